The molecule has 1 atom stereocenters. The largest absolute Gasteiger partial charge is 0.493 e. The third kappa shape index (κ3) is 5.09. The third-order valence-corrected chi connectivity index (χ3v) is 2.33. The van der Waals surface area contributed by atoms with E-state index in [4.69, 9.17) is 15.9 Å². The smallest absolute Gasteiger partial charge is 0.161 e. The molecule has 1 aromatic rings. The zero-order chi connectivity index (χ0) is 13.2. The van der Waals surface area contributed by atoms with Crippen LogP contribution in [0.3, 0.4) is 0 Å². The van der Waals surface area contributed by atoms with Gasteiger partial charge in [-0.2, -0.15) is 0 Å². The van der Waals surface area contributed by atoms with Gasteiger partial charge in [0.25, 0.3) is 0 Å². The zero-order valence-electron chi connectivity index (χ0n) is 10.6. The predicted molar refractivity (Wildman–Crippen MR) is 70.8 cm³/mol. The molecule has 0 amide bonds. The van der Waals surface area contributed by atoms with Gasteiger partial charge in [0.15, 0.2) is 11.5 Å². The first-order valence-corrected chi connectivity index (χ1v) is 5.86. The predicted octanol–water partition coefficient (Wildman–Crippen LogP) is 1.05. The number of hydrogen-bond donors (Lipinski definition) is 2. The number of nitrogens with one attached hydrogen (secondary N) is 1. The summed E-state index contributed by atoms with van der Waals surface area (Å²) in [6.07, 6.45) is 5.20. The monoisotopic (exact) mass is 249 g/mol. The van der Waals surface area contributed by atoms with Crippen molar-refractivity contribution in [3.8, 4) is 23.8 Å². The highest BCUT2D eigenvalue weighted by Crippen LogP contribution is 2.25. The first-order valence-electron chi connectivity index (χ1n) is 5.86. The first kappa shape index (κ1) is 14.4. The van der Waals surface area contributed by atoms with Gasteiger partial charge in [-0.25, -0.2) is 0 Å². The van der Waals surface area contributed by atoms with Gasteiger partial charge in [-0.3, -0.25) is 0 Å². The average Bonchev–Trinajstić information content (AvgIpc) is 2.41. The number of terminal acetylenes is 1. The fourth-order valence-electron chi connectivity index (χ4n) is 1.41. The number of methoxy groups -OCH3 is 1. The lowest BCUT2D eigenvalue weighted by molar-refractivity contribution is 0.105. The average molecular weight is 249 g/mol. The molecule has 0 saturated heterocycles. The molecule has 0 aliphatic rings. The van der Waals surface area contributed by atoms with Crippen molar-refractivity contribution in [3.63, 3.8) is 0 Å². The molecule has 4 heteroatoms. The molecule has 0 aromatic heterocycles. The van der Waals surface area contributed by atoms with Crippen LogP contribution in [-0.2, 0) is 0 Å². The van der Waals surface area contributed by atoms with Gasteiger partial charge < -0.3 is 19.9 Å². The second-order valence-electron chi connectivity index (χ2n) is 3.77. The van der Waals surface area contributed by atoms with Crippen molar-refractivity contribution in [3.05, 3.63) is 24.3 Å². The molecule has 98 valence electrons. The van der Waals surface area contributed by atoms with Gasteiger partial charge in [-0.15, -0.1) is 12.3 Å². The Morgan fingerprint density at radius 3 is 2.78 bits per heavy atom. The molecule has 2 N–H and O–H groups in total. The van der Waals surface area contributed by atoms with E-state index in [1.165, 1.54) is 0 Å². The third-order valence-electron chi connectivity index (χ3n) is 2.33. The van der Waals surface area contributed by atoms with E-state index < -0.39 is 6.10 Å². The van der Waals surface area contributed by atoms with Gasteiger partial charge >= 0.3 is 0 Å². The Balaban J connectivity index is 2.29. The summed E-state index contributed by atoms with van der Waals surface area (Å²) in [4.78, 5) is 0. The van der Waals surface area contributed by atoms with Crippen LogP contribution in [0.4, 0.5) is 0 Å². The number of rotatable bonds is 8. The van der Waals surface area contributed by atoms with Crippen LogP contribution in [0.2, 0.25) is 0 Å². The minimum absolute atomic E-state index is 0.212. The van der Waals surface area contributed by atoms with Crippen molar-refractivity contribution >= 4 is 0 Å². The van der Waals surface area contributed by atoms with Gasteiger partial charge in [-0.05, 0) is 12.1 Å². The van der Waals surface area contributed by atoms with Crippen molar-refractivity contribution < 1.29 is 14.6 Å². The molecule has 0 aliphatic heterocycles. The normalized spacial score (nSPS) is 11.6. The number of aliphatic hydroxyl groups is 1. The van der Waals surface area contributed by atoms with Crippen LogP contribution in [0.1, 0.15) is 6.42 Å². The van der Waals surface area contributed by atoms with E-state index in [2.05, 4.69) is 11.2 Å². The molecule has 0 fully saturated rings. The minimum Gasteiger partial charge on any atom is -0.493 e. The van der Waals surface area contributed by atoms with Crippen molar-refractivity contribution in [2.24, 2.45) is 0 Å². The lowest BCUT2D eigenvalue weighted by Gasteiger charge is -2.14. The van der Waals surface area contributed by atoms with Gasteiger partial charge in [-0.1, -0.05) is 12.1 Å². The summed E-state index contributed by atoms with van der Waals surface area (Å²) in [5, 5.41) is 12.7. The number of benzene rings is 1. The number of para-hydroxylation sites is 2. The molecule has 4 nitrogen and oxygen atoms in total. The molecular weight excluding hydrogens is 230 g/mol. The Labute approximate surface area is 108 Å². The van der Waals surface area contributed by atoms with Gasteiger partial charge in [0.1, 0.15) is 12.7 Å². The van der Waals surface area contributed by atoms with Crippen LogP contribution in [0.5, 0.6) is 11.5 Å². The number of ether oxygens (including phenoxy) is 2. The Kier molecular flexibility index (Phi) is 6.70. The Morgan fingerprint density at radius 2 is 2.11 bits per heavy atom. The lowest BCUT2D eigenvalue weighted by atomic mass is 10.3. The van der Waals surface area contributed by atoms with E-state index in [0.717, 1.165) is 0 Å². The molecule has 0 spiro atoms. The number of aliphatic hydroxyl groups excluding tert-OH is 1. The van der Waals surface area contributed by atoms with Crippen LogP contribution in [0.15, 0.2) is 24.3 Å². The summed E-state index contributed by atoms with van der Waals surface area (Å²) < 4.78 is 10.6. The quantitative estimate of drug-likeness (QED) is 0.534. The molecule has 1 rings (SSSR count). The standard InChI is InChI=1S/C14H19NO3/c1-3-4-9-15-10-12(16)11-18-14-8-6-5-7-13(14)17-2/h1,5-8,12,15-16H,4,9-11H2,2H3. The van der Waals surface area contributed by atoms with Crippen LogP contribution in [-0.4, -0.2) is 38.0 Å². The van der Waals surface area contributed by atoms with E-state index in [-0.39, 0.29) is 6.61 Å². The van der Waals surface area contributed by atoms with E-state index in [0.29, 0.717) is 31.0 Å². The van der Waals surface area contributed by atoms with Crippen molar-refractivity contribution in [2.75, 3.05) is 26.8 Å². The van der Waals surface area contributed by atoms with Crippen LogP contribution in [0, 0.1) is 12.3 Å². The number of hydrogen-bond acceptors (Lipinski definition) is 4. The minimum atomic E-state index is -0.576. The summed E-state index contributed by atoms with van der Waals surface area (Å²) in [5.74, 6) is 3.81. The summed E-state index contributed by atoms with van der Waals surface area (Å²) in [5.41, 5.74) is 0. The highest BCUT2D eigenvalue weighted by molar-refractivity contribution is 5.39. The van der Waals surface area contributed by atoms with Gasteiger partial charge in [0.05, 0.1) is 7.11 Å². The van der Waals surface area contributed by atoms with Crippen LogP contribution >= 0.6 is 0 Å². The van der Waals surface area contributed by atoms with Gasteiger partial charge in [0, 0.05) is 19.5 Å². The Hall–Kier alpha value is -1.70. The Morgan fingerprint density at radius 1 is 1.39 bits per heavy atom. The zero-order valence-corrected chi connectivity index (χ0v) is 10.6. The maximum Gasteiger partial charge on any atom is 0.161 e. The lowest BCUT2D eigenvalue weighted by Crippen LogP contribution is -2.31. The second kappa shape index (κ2) is 8.40. The van der Waals surface area contributed by atoms with Crippen LogP contribution < -0.4 is 14.8 Å². The van der Waals surface area contributed by atoms with E-state index in [9.17, 15) is 5.11 Å². The van der Waals surface area contributed by atoms with Gasteiger partial charge in [0.2, 0.25) is 0 Å². The SMILES string of the molecule is C#CCCNCC(O)COc1ccccc1OC. The maximum atomic E-state index is 9.69. The maximum absolute atomic E-state index is 9.69. The molecule has 0 heterocycles. The second-order valence-corrected chi connectivity index (χ2v) is 3.77. The molecule has 0 aliphatic carbocycles. The summed E-state index contributed by atoms with van der Waals surface area (Å²) in [6, 6.07) is 7.34. The van der Waals surface area contributed by atoms with Crippen molar-refractivity contribution in [1.82, 2.24) is 5.32 Å². The van der Waals surface area contributed by atoms with Crippen molar-refractivity contribution in [1.29, 1.82) is 0 Å². The fraction of sp³-hybridized carbons (Fsp3) is 0.429. The van der Waals surface area contributed by atoms with E-state index >= 15 is 0 Å². The van der Waals surface area contributed by atoms with E-state index in [1.54, 1.807) is 13.2 Å². The topological polar surface area (TPSA) is 50.7 Å². The molecule has 1 aromatic carbocycles. The summed E-state index contributed by atoms with van der Waals surface area (Å²) in [6.45, 7) is 1.36. The highest BCUT2D eigenvalue weighted by Gasteiger charge is 2.07. The van der Waals surface area contributed by atoms with Crippen molar-refractivity contribution in [2.45, 2.75) is 12.5 Å². The molecule has 0 bridgehead atoms. The van der Waals surface area contributed by atoms with E-state index in [1.807, 2.05) is 18.2 Å². The molecule has 0 saturated carbocycles. The molecule has 0 radical (unpaired) electrons. The molecular formula is C14H19NO3. The summed E-state index contributed by atoms with van der Waals surface area (Å²) >= 11 is 0. The molecule has 18 heavy (non-hydrogen) atoms. The summed E-state index contributed by atoms with van der Waals surface area (Å²) in [7, 11) is 1.58. The highest BCUT2D eigenvalue weighted by atomic mass is 16.5. The molecule has 1 unspecified atom stereocenters. The Bertz CT molecular complexity index is 387. The van der Waals surface area contributed by atoms with Crippen LogP contribution in [0.25, 0.3) is 0 Å². The first-order chi connectivity index (χ1) is 8.77. The fourth-order valence-corrected chi connectivity index (χ4v) is 1.41.